The summed E-state index contributed by atoms with van der Waals surface area (Å²) >= 11 is 0. The molecule has 0 radical (unpaired) electrons. The van der Waals surface area contributed by atoms with Crippen LogP contribution in [-0.4, -0.2) is 24.7 Å². The SMILES string of the molecule is Cc1cc(-c2ccc(=O)[nH]n2)cc(S(=O)(=O)NC2CC2)c1C. The van der Waals surface area contributed by atoms with E-state index in [1.54, 1.807) is 19.1 Å². The number of hydrogen-bond donors (Lipinski definition) is 2. The maximum absolute atomic E-state index is 12.5. The fourth-order valence-corrected chi connectivity index (χ4v) is 3.89. The van der Waals surface area contributed by atoms with Gasteiger partial charge in [0.2, 0.25) is 10.0 Å². The molecule has 1 aliphatic rings. The summed E-state index contributed by atoms with van der Waals surface area (Å²) in [5, 5.41) is 6.33. The number of nitrogens with one attached hydrogen (secondary N) is 2. The highest BCUT2D eigenvalue weighted by molar-refractivity contribution is 7.89. The molecule has 1 aliphatic carbocycles. The summed E-state index contributed by atoms with van der Waals surface area (Å²) in [7, 11) is -3.54. The second-order valence-electron chi connectivity index (χ2n) is 5.62. The van der Waals surface area contributed by atoms with Crippen molar-refractivity contribution in [3.05, 3.63) is 45.7 Å². The van der Waals surface area contributed by atoms with Crippen LogP contribution in [0.2, 0.25) is 0 Å². The molecule has 1 heterocycles. The minimum atomic E-state index is -3.54. The maximum Gasteiger partial charge on any atom is 0.264 e. The van der Waals surface area contributed by atoms with E-state index >= 15 is 0 Å². The van der Waals surface area contributed by atoms with E-state index in [0.29, 0.717) is 11.3 Å². The molecule has 7 heteroatoms. The van der Waals surface area contributed by atoms with E-state index in [-0.39, 0.29) is 16.5 Å². The molecule has 3 rings (SSSR count). The van der Waals surface area contributed by atoms with Crippen molar-refractivity contribution in [1.29, 1.82) is 0 Å². The number of aromatic amines is 1. The number of aryl methyl sites for hydroxylation is 1. The molecule has 1 aromatic heterocycles. The molecule has 0 amide bonds. The molecule has 0 spiro atoms. The van der Waals surface area contributed by atoms with E-state index in [4.69, 9.17) is 0 Å². The second-order valence-corrected chi connectivity index (χ2v) is 7.30. The molecule has 0 saturated heterocycles. The lowest BCUT2D eigenvalue weighted by molar-refractivity contribution is 0.580. The molecule has 6 nitrogen and oxygen atoms in total. The summed E-state index contributed by atoms with van der Waals surface area (Å²) in [5.41, 5.74) is 2.49. The summed E-state index contributed by atoms with van der Waals surface area (Å²) in [4.78, 5) is 11.4. The normalized spacial score (nSPS) is 15.0. The van der Waals surface area contributed by atoms with Crippen LogP contribution in [-0.2, 0) is 10.0 Å². The zero-order valence-corrected chi connectivity index (χ0v) is 13.2. The average Bonchev–Trinajstić information content (AvgIpc) is 3.25. The van der Waals surface area contributed by atoms with Crippen LogP contribution >= 0.6 is 0 Å². The van der Waals surface area contributed by atoms with Crippen molar-refractivity contribution >= 4 is 10.0 Å². The van der Waals surface area contributed by atoms with E-state index in [2.05, 4.69) is 14.9 Å². The molecule has 0 atom stereocenters. The monoisotopic (exact) mass is 319 g/mol. The van der Waals surface area contributed by atoms with Crippen LogP contribution in [0.4, 0.5) is 0 Å². The number of benzene rings is 1. The third kappa shape index (κ3) is 2.95. The quantitative estimate of drug-likeness (QED) is 0.893. The van der Waals surface area contributed by atoms with E-state index in [1.165, 1.54) is 6.07 Å². The highest BCUT2D eigenvalue weighted by Gasteiger charge is 2.29. The van der Waals surface area contributed by atoms with E-state index in [1.807, 2.05) is 13.0 Å². The van der Waals surface area contributed by atoms with Gasteiger partial charge in [-0.3, -0.25) is 4.79 Å². The number of nitrogens with zero attached hydrogens (tertiary/aromatic N) is 1. The molecule has 0 bridgehead atoms. The Labute approximate surface area is 128 Å². The zero-order valence-electron chi connectivity index (χ0n) is 12.4. The first-order chi connectivity index (χ1) is 10.4. The molecular formula is C15H17N3O3S. The third-order valence-electron chi connectivity index (χ3n) is 3.78. The van der Waals surface area contributed by atoms with Crippen molar-refractivity contribution in [2.24, 2.45) is 0 Å². The van der Waals surface area contributed by atoms with Crippen LogP contribution in [0.15, 0.2) is 34.0 Å². The van der Waals surface area contributed by atoms with Crippen molar-refractivity contribution in [2.75, 3.05) is 0 Å². The molecule has 1 aromatic carbocycles. The van der Waals surface area contributed by atoms with Gasteiger partial charge in [-0.15, -0.1) is 0 Å². The highest BCUT2D eigenvalue weighted by atomic mass is 32.2. The first kappa shape index (κ1) is 14.9. The molecule has 0 unspecified atom stereocenters. The van der Waals surface area contributed by atoms with Gasteiger partial charge < -0.3 is 0 Å². The molecular weight excluding hydrogens is 302 g/mol. The highest BCUT2D eigenvalue weighted by Crippen LogP contribution is 2.28. The fourth-order valence-electron chi connectivity index (χ4n) is 2.24. The van der Waals surface area contributed by atoms with E-state index in [9.17, 15) is 13.2 Å². The van der Waals surface area contributed by atoms with Gasteiger partial charge in [0.1, 0.15) is 0 Å². The van der Waals surface area contributed by atoms with Crippen LogP contribution in [0.3, 0.4) is 0 Å². The van der Waals surface area contributed by atoms with Crippen molar-refractivity contribution in [3.63, 3.8) is 0 Å². The van der Waals surface area contributed by atoms with Gasteiger partial charge >= 0.3 is 0 Å². The van der Waals surface area contributed by atoms with E-state index in [0.717, 1.165) is 24.0 Å². The number of rotatable bonds is 4. The fraction of sp³-hybridized carbons (Fsp3) is 0.333. The summed E-state index contributed by atoms with van der Waals surface area (Å²) in [6.45, 7) is 3.65. The maximum atomic E-state index is 12.5. The molecule has 1 fully saturated rings. The Hall–Kier alpha value is -1.99. The molecule has 22 heavy (non-hydrogen) atoms. The first-order valence-corrected chi connectivity index (χ1v) is 8.55. The minimum absolute atomic E-state index is 0.0552. The van der Waals surface area contributed by atoms with E-state index < -0.39 is 10.0 Å². The van der Waals surface area contributed by atoms with Gasteiger partial charge in [-0.2, -0.15) is 5.10 Å². The van der Waals surface area contributed by atoms with Crippen LogP contribution in [0, 0.1) is 13.8 Å². The topological polar surface area (TPSA) is 91.9 Å². The first-order valence-electron chi connectivity index (χ1n) is 7.06. The van der Waals surface area contributed by atoms with Gasteiger partial charge in [0.05, 0.1) is 10.6 Å². The third-order valence-corrected chi connectivity index (χ3v) is 5.43. The Morgan fingerprint density at radius 2 is 1.95 bits per heavy atom. The van der Waals surface area contributed by atoms with Crippen LogP contribution in [0.5, 0.6) is 0 Å². The summed E-state index contributed by atoms with van der Waals surface area (Å²) in [6.07, 6.45) is 1.77. The standard InChI is InChI=1S/C15H17N3O3S/c1-9-7-11(13-5-6-15(19)17-16-13)8-14(10(9)2)22(20,21)18-12-3-4-12/h5-8,12,18H,3-4H2,1-2H3,(H,17,19). The number of hydrogen-bond acceptors (Lipinski definition) is 4. The largest absolute Gasteiger partial charge is 0.268 e. The Bertz CT molecular complexity index is 863. The van der Waals surface area contributed by atoms with Crippen molar-refractivity contribution in [2.45, 2.75) is 37.6 Å². The summed E-state index contributed by atoms with van der Waals surface area (Å²) < 4.78 is 27.7. The summed E-state index contributed by atoms with van der Waals surface area (Å²) in [6, 6.07) is 6.47. The van der Waals surface area contributed by atoms with Crippen LogP contribution in [0.1, 0.15) is 24.0 Å². The van der Waals surface area contributed by atoms with Gasteiger partial charge in [0.15, 0.2) is 0 Å². The predicted molar refractivity (Wildman–Crippen MR) is 83.1 cm³/mol. The number of aromatic nitrogens is 2. The smallest absolute Gasteiger partial charge is 0.264 e. The Kier molecular flexibility index (Phi) is 3.62. The molecule has 116 valence electrons. The average molecular weight is 319 g/mol. The lowest BCUT2D eigenvalue weighted by atomic mass is 10.0. The molecule has 0 aliphatic heterocycles. The minimum Gasteiger partial charge on any atom is -0.268 e. The van der Waals surface area contributed by atoms with Gasteiger partial charge in [-0.25, -0.2) is 18.2 Å². The van der Waals surface area contributed by atoms with Crippen molar-refractivity contribution in [1.82, 2.24) is 14.9 Å². The Morgan fingerprint density at radius 1 is 1.23 bits per heavy atom. The lowest BCUT2D eigenvalue weighted by Crippen LogP contribution is -2.26. The number of sulfonamides is 1. The van der Waals surface area contributed by atoms with Crippen molar-refractivity contribution < 1.29 is 8.42 Å². The number of H-pyrrole nitrogens is 1. The zero-order chi connectivity index (χ0) is 15.9. The Morgan fingerprint density at radius 3 is 2.55 bits per heavy atom. The van der Waals surface area contributed by atoms with Gasteiger partial charge in [0.25, 0.3) is 5.56 Å². The summed E-state index contributed by atoms with van der Waals surface area (Å²) in [5.74, 6) is 0. The van der Waals surface area contributed by atoms with Gasteiger partial charge in [0, 0.05) is 17.7 Å². The molecule has 2 aromatic rings. The predicted octanol–water partition coefficient (Wildman–Crippen LogP) is 1.49. The molecule has 1 saturated carbocycles. The molecule has 2 N–H and O–H groups in total. The lowest BCUT2D eigenvalue weighted by Gasteiger charge is -2.13. The second kappa shape index (κ2) is 5.33. The van der Waals surface area contributed by atoms with Crippen LogP contribution < -0.4 is 10.3 Å². The van der Waals surface area contributed by atoms with Crippen molar-refractivity contribution in [3.8, 4) is 11.3 Å². The van der Waals surface area contributed by atoms with Gasteiger partial charge in [-0.1, -0.05) is 0 Å². The van der Waals surface area contributed by atoms with Crippen LogP contribution in [0.25, 0.3) is 11.3 Å². The Balaban J connectivity index is 2.10. The van der Waals surface area contributed by atoms with Gasteiger partial charge in [-0.05, 0) is 56.0 Å².